The van der Waals surface area contributed by atoms with Crippen molar-refractivity contribution in [3.05, 3.63) is 35.5 Å². The van der Waals surface area contributed by atoms with Crippen molar-refractivity contribution in [1.82, 2.24) is 4.57 Å². The maximum absolute atomic E-state index is 5.86. The number of nitrogens with zero attached hydrogens (tertiary/aromatic N) is 1. The molecule has 3 heteroatoms. The van der Waals surface area contributed by atoms with Gasteiger partial charge in [0.15, 0.2) is 5.79 Å². The topological polar surface area (TPSA) is 23.4 Å². The highest BCUT2D eigenvalue weighted by Gasteiger charge is 2.41. The molecule has 0 atom stereocenters. The fourth-order valence-corrected chi connectivity index (χ4v) is 4.20. The summed E-state index contributed by atoms with van der Waals surface area (Å²) in [6.45, 7) is 3.78. The Hall–Kier alpha value is -1.32. The lowest BCUT2D eigenvalue weighted by Gasteiger charge is -2.35. The lowest BCUT2D eigenvalue weighted by molar-refractivity contribution is -0.178. The maximum atomic E-state index is 5.86. The van der Waals surface area contributed by atoms with Gasteiger partial charge in [-0.3, -0.25) is 0 Å². The van der Waals surface area contributed by atoms with Crippen molar-refractivity contribution < 1.29 is 9.47 Å². The maximum Gasteiger partial charge on any atom is 0.168 e. The molecular weight excluding hydrogens is 262 g/mol. The summed E-state index contributed by atoms with van der Waals surface area (Å²) in [6.07, 6.45) is 4.38. The van der Waals surface area contributed by atoms with Gasteiger partial charge >= 0.3 is 0 Å². The van der Waals surface area contributed by atoms with Crippen molar-refractivity contribution in [2.24, 2.45) is 7.05 Å². The summed E-state index contributed by atoms with van der Waals surface area (Å²) in [7, 11) is 2.18. The second-order valence-corrected chi connectivity index (χ2v) is 6.46. The standard InChI is InChI=1S/C18H23NO2/c1-13-17(15-5-3-4-6-16(15)19(13)2)14-7-9-18(10-8-14)20-11-12-21-18/h3-6,14H,7-12H2,1-2H3. The lowest BCUT2D eigenvalue weighted by atomic mass is 9.80. The molecule has 0 radical (unpaired) electrons. The van der Waals surface area contributed by atoms with E-state index in [1.54, 1.807) is 5.56 Å². The van der Waals surface area contributed by atoms with E-state index in [9.17, 15) is 0 Å². The van der Waals surface area contributed by atoms with Crippen LogP contribution in [0.5, 0.6) is 0 Å². The van der Waals surface area contributed by atoms with Crippen LogP contribution >= 0.6 is 0 Å². The molecule has 2 aromatic rings. The van der Waals surface area contributed by atoms with Crippen molar-refractivity contribution >= 4 is 10.9 Å². The van der Waals surface area contributed by atoms with Gasteiger partial charge in [-0.25, -0.2) is 0 Å². The molecule has 1 spiro atoms. The van der Waals surface area contributed by atoms with Crippen molar-refractivity contribution in [2.75, 3.05) is 13.2 Å². The van der Waals surface area contributed by atoms with Crippen LogP contribution in [-0.4, -0.2) is 23.6 Å². The van der Waals surface area contributed by atoms with Crippen LogP contribution in [0.15, 0.2) is 24.3 Å². The molecule has 0 unspecified atom stereocenters. The average Bonchev–Trinajstić information content (AvgIpc) is 3.06. The zero-order valence-corrected chi connectivity index (χ0v) is 12.9. The van der Waals surface area contributed by atoms with E-state index in [1.165, 1.54) is 16.6 Å². The number of aromatic nitrogens is 1. The number of rotatable bonds is 1. The Morgan fingerprint density at radius 2 is 1.76 bits per heavy atom. The van der Waals surface area contributed by atoms with E-state index in [0.717, 1.165) is 38.9 Å². The van der Waals surface area contributed by atoms with Gasteiger partial charge in [0.2, 0.25) is 0 Å². The van der Waals surface area contributed by atoms with Crippen LogP contribution in [0, 0.1) is 6.92 Å². The van der Waals surface area contributed by atoms with Gasteiger partial charge in [0.1, 0.15) is 0 Å². The number of fused-ring (bicyclic) bond motifs is 1. The molecule has 0 N–H and O–H groups in total. The van der Waals surface area contributed by atoms with Crippen LogP contribution in [0.4, 0.5) is 0 Å². The molecule has 2 aliphatic rings. The summed E-state index contributed by atoms with van der Waals surface area (Å²) in [5.74, 6) is 0.379. The Kier molecular flexibility index (Phi) is 3.09. The lowest BCUT2D eigenvalue weighted by Crippen LogP contribution is -2.34. The zero-order valence-electron chi connectivity index (χ0n) is 12.9. The van der Waals surface area contributed by atoms with Crippen LogP contribution in [-0.2, 0) is 16.5 Å². The minimum atomic E-state index is -0.255. The Bertz CT molecular complexity index is 657. The van der Waals surface area contributed by atoms with Crippen molar-refractivity contribution in [1.29, 1.82) is 0 Å². The summed E-state index contributed by atoms with van der Waals surface area (Å²) in [6, 6.07) is 8.77. The summed E-state index contributed by atoms with van der Waals surface area (Å²) in [5, 5.41) is 1.42. The van der Waals surface area contributed by atoms with Gasteiger partial charge in [-0.1, -0.05) is 18.2 Å². The van der Waals surface area contributed by atoms with Crippen LogP contribution in [0.25, 0.3) is 10.9 Å². The molecule has 2 fully saturated rings. The first-order valence-corrected chi connectivity index (χ1v) is 8.02. The van der Waals surface area contributed by atoms with Gasteiger partial charge in [0, 0.05) is 36.5 Å². The molecule has 0 amide bonds. The largest absolute Gasteiger partial charge is 0.348 e. The van der Waals surface area contributed by atoms with Crippen molar-refractivity contribution in [2.45, 2.75) is 44.3 Å². The molecule has 0 bridgehead atoms. The molecule has 1 aliphatic heterocycles. The van der Waals surface area contributed by atoms with Gasteiger partial charge in [-0.05, 0) is 37.3 Å². The van der Waals surface area contributed by atoms with E-state index < -0.39 is 0 Å². The number of para-hydroxylation sites is 1. The quantitative estimate of drug-likeness (QED) is 0.793. The zero-order chi connectivity index (χ0) is 14.4. The van der Waals surface area contributed by atoms with Gasteiger partial charge in [-0.2, -0.15) is 0 Å². The van der Waals surface area contributed by atoms with Gasteiger partial charge < -0.3 is 14.0 Å². The molecule has 1 saturated heterocycles. The molecule has 4 rings (SSSR count). The second-order valence-electron chi connectivity index (χ2n) is 6.46. The molecule has 112 valence electrons. The Morgan fingerprint density at radius 3 is 2.48 bits per heavy atom. The molecule has 1 aliphatic carbocycles. The average molecular weight is 285 g/mol. The van der Waals surface area contributed by atoms with Crippen LogP contribution in [0.1, 0.15) is 42.9 Å². The van der Waals surface area contributed by atoms with Crippen LogP contribution < -0.4 is 0 Å². The molecule has 21 heavy (non-hydrogen) atoms. The van der Waals surface area contributed by atoms with Crippen LogP contribution in [0.2, 0.25) is 0 Å². The normalized spacial score (nSPS) is 22.4. The smallest absolute Gasteiger partial charge is 0.168 e. The fourth-order valence-electron chi connectivity index (χ4n) is 4.20. The first kappa shape index (κ1) is 13.4. The second kappa shape index (κ2) is 4.85. The molecule has 3 nitrogen and oxygen atoms in total. The number of ether oxygens (including phenoxy) is 2. The predicted octanol–water partition coefficient (Wildman–Crippen LogP) is 3.89. The van der Waals surface area contributed by atoms with Crippen LogP contribution in [0.3, 0.4) is 0 Å². The first-order chi connectivity index (χ1) is 10.2. The Balaban J connectivity index is 1.67. The Labute approximate surface area is 125 Å². The van der Waals surface area contributed by atoms with E-state index in [0.29, 0.717) is 5.92 Å². The van der Waals surface area contributed by atoms with E-state index in [2.05, 4.69) is 42.8 Å². The van der Waals surface area contributed by atoms with Crippen molar-refractivity contribution in [3.8, 4) is 0 Å². The highest BCUT2D eigenvalue weighted by molar-refractivity contribution is 5.86. The third kappa shape index (κ3) is 2.02. The monoisotopic (exact) mass is 285 g/mol. The number of hydrogen-bond acceptors (Lipinski definition) is 2. The van der Waals surface area contributed by atoms with Gasteiger partial charge in [0.25, 0.3) is 0 Å². The molecule has 1 saturated carbocycles. The Morgan fingerprint density at radius 1 is 1.10 bits per heavy atom. The molecule has 1 aromatic heterocycles. The highest BCUT2D eigenvalue weighted by atomic mass is 16.7. The number of aryl methyl sites for hydroxylation is 1. The number of benzene rings is 1. The fraction of sp³-hybridized carbons (Fsp3) is 0.556. The van der Waals surface area contributed by atoms with Crippen molar-refractivity contribution in [3.63, 3.8) is 0 Å². The predicted molar refractivity (Wildman–Crippen MR) is 83.5 cm³/mol. The molecule has 1 aromatic carbocycles. The number of hydrogen-bond donors (Lipinski definition) is 0. The van der Waals surface area contributed by atoms with E-state index in [-0.39, 0.29) is 5.79 Å². The highest BCUT2D eigenvalue weighted by Crippen LogP contribution is 2.45. The first-order valence-electron chi connectivity index (χ1n) is 8.02. The summed E-state index contributed by atoms with van der Waals surface area (Å²) in [5.41, 5.74) is 4.30. The summed E-state index contributed by atoms with van der Waals surface area (Å²) < 4.78 is 14.1. The van der Waals surface area contributed by atoms with Gasteiger partial charge in [0.05, 0.1) is 13.2 Å². The minimum Gasteiger partial charge on any atom is -0.348 e. The summed E-state index contributed by atoms with van der Waals surface area (Å²) >= 11 is 0. The minimum absolute atomic E-state index is 0.255. The third-order valence-corrected chi connectivity index (χ3v) is 5.42. The molecule has 2 heterocycles. The summed E-state index contributed by atoms with van der Waals surface area (Å²) in [4.78, 5) is 0. The van der Waals surface area contributed by atoms with E-state index in [1.807, 2.05) is 0 Å². The third-order valence-electron chi connectivity index (χ3n) is 5.42. The SMILES string of the molecule is Cc1c(C2CCC3(CC2)OCCO3)c2ccccc2n1C. The molecular formula is C18H23NO2. The van der Waals surface area contributed by atoms with E-state index >= 15 is 0 Å². The van der Waals surface area contributed by atoms with E-state index in [4.69, 9.17) is 9.47 Å². The van der Waals surface area contributed by atoms with Gasteiger partial charge in [-0.15, -0.1) is 0 Å².